The minimum Gasteiger partial charge on any atom is -0.341 e. The van der Waals surface area contributed by atoms with Crippen LogP contribution in [0.5, 0.6) is 0 Å². The van der Waals surface area contributed by atoms with E-state index in [-0.39, 0.29) is 5.41 Å². The number of likely N-dealkylation sites (N-methyl/N-ethyl adjacent to an activating group) is 1. The van der Waals surface area contributed by atoms with E-state index in [1.165, 1.54) is 5.01 Å². The summed E-state index contributed by atoms with van der Waals surface area (Å²) >= 11 is 1.72. The van der Waals surface area contributed by atoms with Gasteiger partial charge in [0.15, 0.2) is 0 Å². The summed E-state index contributed by atoms with van der Waals surface area (Å²) < 4.78 is 0. The summed E-state index contributed by atoms with van der Waals surface area (Å²) in [6, 6.07) is 0. The molecule has 0 radical (unpaired) electrons. The molecular formula is C16H26N4OS. The van der Waals surface area contributed by atoms with Gasteiger partial charge in [-0.3, -0.25) is 9.69 Å². The van der Waals surface area contributed by atoms with Gasteiger partial charge in [-0.05, 0) is 46.4 Å². The lowest BCUT2D eigenvalue weighted by Crippen LogP contribution is -2.45. The van der Waals surface area contributed by atoms with Crippen LogP contribution in [0.4, 0.5) is 0 Å². The maximum atomic E-state index is 12.8. The fourth-order valence-corrected chi connectivity index (χ4v) is 4.21. The van der Waals surface area contributed by atoms with E-state index in [4.69, 9.17) is 0 Å². The number of thiazole rings is 1. The Bertz CT molecular complexity index is 494. The molecular weight excluding hydrogens is 296 g/mol. The van der Waals surface area contributed by atoms with Crippen molar-refractivity contribution >= 4 is 17.2 Å². The topological polar surface area (TPSA) is 39.7 Å². The minimum atomic E-state index is -0.0638. The zero-order valence-electron chi connectivity index (χ0n) is 13.6. The van der Waals surface area contributed by atoms with Gasteiger partial charge in [-0.25, -0.2) is 4.98 Å². The highest BCUT2D eigenvalue weighted by Crippen LogP contribution is 2.41. The first-order valence-corrected chi connectivity index (χ1v) is 9.02. The first-order chi connectivity index (χ1) is 10.6. The smallest absolute Gasteiger partial charge is 0.228 e. The number of piperidine rings is 1. The van der Waals surface area contributed by atoms with E-state index >= 15 is 0 Å². The molecule has 2 fully saturated rings. The van der Waals surface area contributed by atoms with Gasteiger partial charge in [-0.15, -0.1) is 11.3 Å². The molecule has 6 heteroatoms. The average molecular weight is 322 g/mol. The molecule has 3 heterocycles. The minimum absolute atomic E-state index is 0.0638. The summed E-state index contributed by atoms with van der Waals surface area (Å²) in [5, 5.41) is 3.21. The molecule has 1 spiro atoms. The summed E-state index contributed by atoms with van der Waals surface area (Å²) in [7, 11) is 4.13. The summed E-state index contributed by atoms with van der Waals surface area (Å²) in [5.41, 5.74) is -0.0638. The van der Waals surface area contributed by atoms with E-state index in [1.807, 2.05) is 11.6 Å². The second kappa shape index (κ2) is 6.64. The van der Waals surface area contributed by atoms with E-state index in [2.05, 4.69) is 33.8 Å². The number of rotatable bonds is 5. The predicted octanol–water partition coefficient (Wildman–Crippen LogP) is 1.52. The molecule has 2 saturated heterocycles. The van der Waals surface area contributed by atoms with Crippen LogP contribution in [0, 0.1) is 5.41 Å². The largest absolute Gasteiger partial charge is 0.341 e. The van der Waals surface area contributed by atoms with Gasteiger partial charge in [0, 0.05) is 31.2 Å². The zero-order chi connectivity index (χ0) is 15.6. The van der Waals surface area contributed by atoms with E-state index < -0.39 is 0 Å². The molecule has 0 bridgehead atoms. The maximum absolute atomic E-state index is 12.8. The lowest BCUT2D eigenvalue weighted by molar-refractivity contribution is -0.138. The fraction of sp³-hybridized carbons (Fsp3) is 0.750. The Labute approximate surface area is 136 Å². The number of amides is 1. The van der Waals surface area contributed by atoms with Gasteiger partial charge in [0.2, 0.25) is 5.91 Å². The molecule has 0 atom stereocenters. The van der Waals surface area contributed by atoms with Crippen LogP contribution in [0.2, 0.25) is 0 Å². The molecule has 5 nitrogen and oxygen atoms in total. The molecule has 22 heavy (non-hydrogen) atoms. The van der Waals surface area contributed by atoms with Crippen molar-refractivity contribution in [1.29, 1.82) is 0 Å². The summed E-state index contributed by atoms with van der Waals surface area (Å²) in [5.74, 6) is 0.406. The number of hydrogen-bond acceptors (Lipinski definition) is 5. The Kier molecular flexibility index (Phi) is 4.80. The number of hydrogen-bond donors (Lipinski definition) is 0. The van der Waals surface area contributed by atoms with Gasteiger partial charge >= 0.3 is 0 Å². The van der Waals surface area contributed by atoms with Crippen LogP contribution in [0.15, 0.2) is 11.6 Å². The second-order valence-corrected chi connectivity index (χ2v) is 7.81. The van der Waals surface area contributed by atoms with E-state index in [0.29, 0.717) is 5.91 Å². The molecule has 2 aliphatic heterocycles. The molecule has 0 N–H and O–H groups in total. The van der Waals surface area contributed by atoms with Crippen LogP contribution in [-0.4, -0.2) is 72.4 Å². The van der Waals surface area contributed by atoms with Crippen LogP contribution in [0.3, 0.4) is 0 Å². The van der Waals surface area contributed by atoms with Crippen LogP contribution in [-0.2, 0) is 11.3 Å². The number of carbonyl (C=O) groups is 1. The molecule has 122 valence electrons. The Balaban J connectivity index is 1.52. The van der Waals surface area contributed by atoms with Gasteiger partial charge < -0.3 is 9.80 Å². The van der Waals surface area contributed by atoms with Gasteiger partial charge in [0.25, 0.3) is 0 Å². The summed E-state index contributed by atoms with van der Waals surface area (Å²) in [4.78, 5) is 23.8. The molecule has 3 rings (SSSR count). The molecule has 2 aliphatic rings. The van der Waals surface area contributed by atoms with Gasteiger partial charge in [0.05, 0.1) is 12.0 Å². The fourth-order valence-electron chi connectivity index (χ4n) is 3.55. The third-order valence-electron chi connectivity index (χ3n) is 5.07. The second-order valence-electron chi connectivity index (χ2n) is 6.83. The molecule has 0 saturated carbocycles. The molecule has 0 unspecified atom stereocenters. The zero-order valence-corrected chi connectivity index (χ0v) is 14.4. The van der Waals surface area contributed by atoms with Crippen LogP contribution >= 0.6 is 11.3 Å². The highest BCUT2D eigenvalue weighted by molar-refractivity contribution is 7.09. The first kappa shape index (κ1) is 15.9. The van der Waals surface area contributed by atoms with Crippen LogP contribution in [0.1, 0.15) is 24.3 Å². The van der Waals surface area contributed by atoms with E-state index in [1.54, 1.807) is 11.3 Å². The molecule has 1 amide bonds. The third-order valence-corrected chi connectivity index (χ3v) is 5.84. The van der Waals surface area contributed by atoms with Crippen molar-refractivity contribution < 1.29 is 4.79 Å². The van der Waals surface area contributed by atoms with Crippen molar-refractivity contribution in [2.24, 2.45) is 5.41 Å². The van der Waals surface area contributed by atoms with E-state index in [0.717, 1.165) is 58.5 Å². The summed E-state index contributed by atoms with van der Waals surface area (Å²) in [6.45, 7) is 5.75. The van der Waals surface area contributed by atoms with Crippen molar-refractivity contribution in [3.05, 3.63) is 16.6 Å². The van der Waals surface area contributed by atoms with Crippen molar-refractivity contribution in [2.45, 2.75) is 25.8 Å². The average Bonchev–Trinajstić information content (AvgIpc) is 3.10. The lowest BCUT2D eigenvalue weighted by Gasteiger charge is -2.37. The molecule has 1 aromatic rings. The number of carbonyl (C=O) groups excluding carboxylic acids is 1. The molecule has 0 aliphatic carbocycles. The van der Waals surface area contributed by atoms with Crippen LogP contribution < -0.4 is 0 Å². The Hall–Kier alpha value is -0.980. The standard InChI is InChI=1S/C16H26N4OS/c1-18(2)10-11-20-9-5-16(15(20)21)3-7-19(8-4-16)13-14-17-6-12-22-14/h6,12H,3-5,7-11,13H2,1-2H3. The van der Waals surface area contributed by atoms with Crippen LogP contribution in [0.25, 0.3) is 0 Å². The number of aromatic nitrogens is 1. The highest BCUT2D eigenvalue weighted by atomic mass is 32.1. The van der Waals surface area contributed by atoms with Crippen molar-refractivity contribution in [3.8, 4) is 0 Å². The Morgan fingerprint density at radius 2 is 2.00 bits per heavy atom. The predicted molar refractivity (Wildman–Crippen MR) is 88.8 cm³/mol. The van der Waals surface area contributed by atoms with Gasteiger partial charge in [-0.1, -0.05) is 0 Å². The Morgan fingerprint density at radius 1 is 1.27 bits per heavy atom. The number of likely N-dealkylation sites (tertiary alicyclic amines) is 2. The summed E-state index contributed by atoms with van der Waals surface area (Å²) in [6.07, 6.45) is 4.93. The maximum Gasteiger partial charge on any atom is 0.228 e. The normalized spacial score (nSPS) is 22.1. The van der Waals surface area contributed by atoms with E-state index in [9.17, 15) is 4.79 Å². The highest BCUT2D eigenvalue weighted by Gasteiger charge is 2.47. The third kappa shape index (κ3) is 3.34. The van der Waals surface area contributed by atoms with Crippen molar-refractivity contribution in [1.82, 2.24) is 19.7 Å². The van der Waals surface area contributed by atoms with Gasteiger partial charge in [0.1, 0.15) is 5.01 Å². The number of nitrogens with zero attached hydrogens (tertiary/aromatic N) is 4. The van der Waals surface area contributed by atoms with Crippen molar-refractivity contribution in [3.63, 3.8) is 0 Å². The quantitative estimate of drug-likeness (QED) is 0.824. The SMILES string of the molecule is CN(C)CCN1CCC2(CCN(Cc3nccs3)CC2)C1=O. The van der Waals surface area contributed by atoms with Gasteiger partial charge in [-0.2, -0.15) is 0 Å². The monoisotopic (exact) mass is 322 g/mol. The van der Waals surface area contributed by atoms with Crippen molar-refractivity contribution in [2.75, 3.05) is 46.8 Å². The first-order valence-electron chi connectivity index (χ1n) is 8.14. The molecule has 0 aromatic carbocycles. The Morgan fingerprint density at radius 3 is 2.64 bits per heavy atom. The molecule has 1 aromatic heterocycles. The lowest BCUT2D eigenvalue weighted by atomic mass is 9.77.